The summed E-state index contributed by atoms with van der Waals surface area (Å²) in [5.74, 6) is 0.671. The van der Waals surface area contributed by atoms with Crippen LogP contribution in [-0.2, 0) is 0 Å². The fraction of sp³-hybridized carbons (Fsp3) is 0.667. The number of hydrogen-bond acceptors (Lipinski definition) is 2. The Kier molecular flexibility index (Phi) is 4.17. The number of rotatable bonds is 5. The SMILES string of the molecule is CCN1CCC(CNC(=O)c2cc(Br)cn2C2CC2)C1. The van der Waals surface area contributed by atoms with Crippen LogP contribution in [0, 0.1) is 5.92 Å². The Morgan fingerprint density at radius 1 is 1.45 bits per heavy atom. The van der Waals surface area contributed by atoms with Gasteiger partial charge in [0.25, 0.3) is 5.91 Å². The van der Waals surface area contributed by atoms with E-state index in [-0.39, 0.29) is 5.91 Å². The molecule has 1 saturated carbocycles. The van der Waals surface area contributed by atoms with E-state index in [1.54, 1.807) is 0 Å². The Morgan fingerprint density at radius 2 is 2.25 bits per heavy atom. The number of carbonyl (C=O) groups excluding carboxylic acids is 1. The molecule has 0 spiro atoms. The van der Waals surface area contributed by atoms with Crippen LogP contribution in [-0.4, -0.2) is 41.6 Å². The standard InChI is InChI=1S/C15H22BrN3O/c1-2-18-6-5-11(9-18)8-17-15(20)14-7-12(16)10-19(14)13-3-4-13/h7,10-11,13H,2-6,8-9H2,1H3,(H,17,20). The van der Waals surface area contributed by atoms with Crippen molar-refractivity contribution < 1.29 is 4.79 Å². The number of halogens is 1. The van der Waals surface area contributed by atoms with Crippen molar-refractivity contribution in [2.45, 2.75) is 32.2 Å². The molecule has 0 bridgehead atoms. The number of nitrogens with one attached hydrogen (secondary N) is 1. The van der Waals surface area contributed by atoms with Gasteiger partial charge in [-0.05, 0) is 60.3 Å². The van der Waals surface area contributed by atoms with Crippen LogP contribution in [0.25, 0.3) is 0 Å². The van der Waals surface area contributed by atoms with Crippen LogP contribution >= 0.6 is 15.9 Å². The maximum atomic E-state index is 12.4. The fourth-order valence-electron chi connectivity index (χ4n) is 2.98. The van der Waals surface area contributed by atoms with Crippen LogP contribution in [0.15, 0.2) is 16.7 Å². The molecule has 1 aromatic rings. The highest BCUT2D eigenvalue weighted by Crippen LogP contribution is 2.37. The predicted octanol–water partition coefficient (Wildman–Crippen LogP) is 2.66. The van der Waals surface area contributed by atoms with Gasteiger partial charge in [-0.15, -0.1) is 0 Å². The smallest absolute Gasteiger partial charge is 0.267 e. The number of likely N-dealkylation sites (tertiary alicyclic amines) is 1. The molecule has 1 amide bonds. The summed E-state index contributed by atoms with van der Waals surface area (Å²) in [6.45, 7) is 6.39. The predicted molar refractivity (Wildman–Crippen MR) is 83.0 cm³/mol. The van der Waals surface area contributed by atoms with Crippen molar-refractivity contribution in [1.82, 2.24) is 14.8 Å². The zero-order valence-electron chi connectivity index (χ0n) is 11.9. The monoisotopic (exact) mass is 339 g/mol. The third-order valence-corrected chi connectivity index (χ3v) is 4.79. The minimum absolute atomic E-state index is 0.0672. The van der Waals surface area contributed by atoms with Crippen LogP contribution < -0.4 is 5.32 Å². The van der Waals surface area contributed by atoms with Crippen molar-refractivity contribution in [3.63, 3.8) is 0 Å². The maximum absolute atomic E-state index is 12.4. The second-order valence-electron chi connectivity index (χ2n) is 5.94. The van der Waals surface area contributed by atoms with Crippen molar-refractivity contribution in [3.05, 3.63) is 22.4 Å². The van der Waals surface area contributed by atoms with Crippen molar-refractivity contribution >= 4 is 21.8 Å². The molecular weight excluding hydrogens is 318 g/mol. The Balaban J connectivity index is 1.57. The van der Waals surface area contributed by atoms with Gasteiger partial charge in [-0.1, -0.05) is 6.92 Å². The Bertz CT molecular complexity index is 495. The van der Waals surface area contributed by atoms with Gasteiger partial charge < -0.3 is 14.8 Å². The Hall–Kier alpha value is -0.810. The fourth-order valence-corrected chi connectivity index (χ4v) is 3.41. The van der Waals surface area contributed by atoms with Crippen molar-refractivity contribution in [2.75, 3.05) is 26.2 Å². The second kappa shape index (κ2) is 5.90. The molecule has 110 valence electrons. The van der Waals surface area contributed by atoms with Crippen molar-refractivity contribution in [2.24, 2.45) is 5.92 Å². The maximum Gasteiger partial charge on any atom is 0.267 e. The highest BCUT2D eigenvalue weighted by Gasteiger charge is 2.28. The molecule has 20 heavy (non-hydrogen) atoms. The van der Waals surface area contributed by atoms with Gasteiger partial charge >= 0.3 is 0 Å². The topological polar surface area (TPSA) is 37.3 Å². The first kappa shape index (κ1) is 14.1. The second-order valence-corrected chi connectivity index (χ2v) is 6.86. The van der Waals surface area contributed by atoms with Gasteiger partial charge in [0.05, 0.1) is 0 Å². The molecule has 2 fully saturated rings. The highest BCUT2D eigenvalue weighted by atomic mass is 79.9. The molecule has 1 atom stereocenters. The van der Waals surface area contributed by atoms with Gasteiger partial charge in [0, 0.05) is 29.8 Å². The normalized spacial score (nSPS) is 23.2. The van der Waals surface area contributed by atoms with E-state index >= 15 is 0 Å². The summed E-state index contributed by atoms with van der Waals surface area (Å²) in [4.78, 5) is 14.8. The number of hydrogen-bond donors (Lipinski definition) is 1. The molecule has 2 heterocycles. The molecule has 1 aromatic heterocycles. The molecule has 1 saturated heterocycles. The van der Waals surface area contributed by atoms with Crippen LogP contribution in [0.1, 0.15) is 42.7 Å². The summed E-state index contributed by atoms with van der Waals surface area (Å²) < 4.78 is 3.11. The number of nitrogens with zero attached hydrogens (tertiary/aromatic N) is 2. The van der Waals surface area contributed by atoms with E-state index in [0.29, 0.717) is 12.0 Å². The summed E-state index contributed by atoms with van der Waals surface area (Å²) in [5.41, 5.74) is 0.796. The summed E-state index contributed by atoms with van der Waals surface area (Å²) in [7, 11) is 0. The molecule has 1 aliphatic carbocycles. The summed E-state index contributed by atoms with van der Waals surface area (Å²) in [6, 6.07) is 2.46. The molecule has 1 N–H and O–H groups in total. The molecule has 2 aliphatic rings. The van der Waals surface area contributed by atoms with E-state index in [1.165, 1.54) is 25.8 Å². The molecule has 0 aromatic carbocycles. The molecule has 1 aliphatic heterocycles. The molecule has 0 radical (unpaired) electrons. The van der Waals surface area contributed by atoms with E-state index in [9.17, 15) is 4.79 Å². The molecule has 3 rings (SSSR count). The Morgan fingerprint density at radius 3 is 2.90 bits per heavy atom. The van der Waals surface area contributed by atoms with Crippen molar-refractivity contribution in [3.8, 4) is 0 Å². The van der Waals surface area contributed by atoms with E-state index in [2.05, 4.69) is 37.6 Å². The van der Waals surface area contributed by atoms with Crippen LogP contribution in [0.4, 0.5) is 0 Å². The minimum atomic E-state index is 0.0672. The van der Waals surface area contributed by atoms with Crippen LogP contribution in [0.3, 0.4) is 0 Å². The average Bonchev–Trinajstić information content (AvgIpc) is 3.05. The lowest BCUT2D eigenvalue weighted by Gasteiger charge is -2.14. The van der Waals surface area contributed by atoms with E-state index in [4.69, 9.17) is 0 Å². The van der Waals surface area contributed by atoms with Gasteiger partial charge in [0.2, 0.25) is 0 Å². The van der Waals surface area contributed by atoms with Gasteiger partial charge in [0.15, 0.2) is 0 Å². The van der Waals surface area contributed by atoms with E-state index < -0.39 is 0 Å². The minimum Gasteiger partial charge on any atom is -0.350 e. The van der Waals surface area contributed by atoms with E-state index in [0.717, 1.165) is 29.8 Å². The lowest BCUT2D eigenvalue weighted by molar-refractivity contribution is 0.0938. The molecule has 1 unspecified atom stereocenters. The zero-order valence-corrected chi connectivity index (χ0v) is 13.5. The Labute approximate surface area is 128 Å². The zero-order chi connectivity index (χ0) is 14.1. The first-order chi connectivity index (χ1) is 9.67. The molecular formula is C15H22BrN3O. The van der Waals surface area contributed by atoms with Crippen LogP contribution in [0.2, 0.25) is 0 Å². The molecule has 4 nitrogen and oxygen atoms in total. The van der Waals surface area contributed by atoms with Crippen LogP contribution in [0.5, 0.6) is 0 Å². The molecule has 5 heteroatoms. The summed E-state index contributed by atoms with van der Waals surface area (Å²) in [5, 5.41) is 3.11. The number of amides is 1. The quantitative estimate of drug-likeness (QED) is 0.895. The lowest BCUT2D eigenvalue weighted by Crippen LogP contribution is -2.32. The lowest BCUT2D eigenvalue weighted by atomic mass is 10.1. The third-order valence-electron chi connectivity index (χ3n) is 4.36. The van der Waals surface area contributed by atoms with Crippen molar-refractivity contribution in [1.29, 1.82) is 0 Å². The third kappa shape index (κ3) is 3.09. The van der Waals surface area contributed by atoms with Gasteiger partial charge in [-0.25, -0.2) is 0 Å². The van der Waals surface area contributed by atoms with Gasteiger partial charge in [0.1, 0.15) is 5.69 Å². The van der Waals surface area contributed by atoms with Gasteiger partial charge in [-0.2, -0.15) is 0 Å². The highest BCUT2D eigenvalue weighted by molar-refractivity contribution is 9.10. The number of aromatic nitrogens is 1. The first-order valence-corrected chi connectivity index (χ1v) is 8.34. The summed E-state index contributed by atoms with van der Waals surface area (Å²) >= 11 is 3.47. The van der Waals surface area contributed by atoms with Gasteiger partial charge in [-0.3, -0.25) is 4.79 Å². The summed E-state index contributed by atoms with van der Waals surface area (Å²) in [6.07, 6.45) is 5.60. The largest absolute Gasteiger partial charge is 0.350 e. The average molecular weight is 340 g/mol. The van der Waals surface area contributed by atoms with E-state index in [1.807, 2.05) is 12.3 Å². The first-order valence-electron chi connectivity index (χ1n) is 7.55. The number of carbonyl (C=O) groups is 1.